The van der Waals surface area contributed by atoms with Gasteiger partial charge in [-0.3, -0.25) is 4.79 Å². The number of nitrogens with two attached hydrogens (primary N) is 1. The Morgan fingerprint density at radius 2 is 1.82 bits per heavy atom. The largest absolute Gasteiger partial charge is 0.493 e. The summed E-state index contributed by atoms with van der Waals surface area (Å²) in [6, 6.07) is 15.6. The predicted octanol–water partition coefficient (Wildman–Crippen LogP) is 4.11. The molecule has 5 nitrogen and oxygen atoms in total. The molecule has 2 aromatic rings. The van der Waals surface area contributed by atoms with E-state index in [-0.39, 0.29) is 11.9 Å². The molecule has 1 fully saturated rings. The molecule has 0 saturated heterocycles. The van der Waals surface area contributed by atoms with E-state index >= 15 is 0 Å². The highest BCUT2D eigenvalue weighted by Gasteiger charge is 2.35. The van der Waals surface area contributed by atoms with E-state index in [1.807, 2.05) is 55.5 Å². The van der Waals surface area contributed by atoms with Crippen molar-refractivity contribution in [2.24, 2.45) is 5.73 Å². The third kappa shape index (κ3) is 4.84. The van der Waals surface area contributed by atoms with Gasteiger partial charge in [-0.2, -0.15) is 0 Å². The van der Waals surface area contributed by atoms with Crippen LogP contribution in [0.2, 0.25) is 0 Å². The standard InChI is InChI=1S/C23H30N2O3/c1-17(25-22(26)23(24)13-7-4-8-14-23)19-11-12-20(21(15-19)27-2)28-16-18-9-5-3-6-10-18/h3,5-6,9-12,15,17H,4,7-8,13-14,16,24H2,1-2H3,(H,25,26). The molecule has 28 heavy (non-hydrogen) atoms. The highest BCUT2D eigenvalue weighted by molar-refractivity contribution is 5.86. The maximum absolute atomic E-state index is 12.7. The van der Waals surface area contributed by atoms with Crippen LogP contribution >= 0.6 is 0 Å². The first-order valence-corrected chi connectivity index (χ1v) is 9.96. The van der Waals surface area contributed by atoms with E-state index < -0.39 is 5.54 Å². The number of carbonyl (C=O) groups excluding carboxylic acids is 1. The van der Waals surface area contributed by atoms with Crippen LogP contribution in [-0.4, -0.2) is 18.6 Å². The third-order valence-electron chi connectivity index (χ3n) is 5.47. The van der Waals surface area contributed by atoms with Crippen LogP contribution in [0.25, 0.3) is 0 Å². The Labute approximate surface area is 167 Å². The van der Waals surface area contributed by atoms with Crippen LogP contribution in [0, 0.1) is 0 Å². The van der Waals surface area contributed by atoms with Crippen molar-refractivity contribution in [3.8, 4) is 11.5 Å². The van der Waals surface area contributed by atoms with Gasteiger partial charge in [-0.15, -0.1) is 0 Å². The highest BCUT2D eigenvalue weighted by atomic mass is 16.5. The zero-order chi connectivity index (χ0) is 20.0. The van der Waals surface area contributed by atoms with Gasteiger partial charge >= 0.3 is 0 Å². The molecular formula is C23H30N2O3. The molecule has 150 valence electrons. The summed E-state index contributed by atoms with van der Waals surface area (Å²) in [5.74, 6) is 1.26. The molecule has 5 heteroatoms. The zero-order valence-corrected chi connectivity index (χ0v) is 16.7. The normalized spacial score (nSPS) is 16.8. The average Bonchev–Trinajstić information content (AvgIpc) is 2.73. The number of amides is 1. The number of rotatable bonds is 7. The highest BCUT2D eigenvalue weighted by Crippen LogP contribution is 2.32. The maximum Gasteiger partial charge on any atom is 0.240 e. The molecule has 0 radical (unpaired) electrons. The molecule has 0 heterocycles. The van der Waals surface area contributed by atoms with Gasteiger partial charge in [-0.25, -0.2) is 0 Å². The quantitative estimate of drug-likeness (QED) is 0.756. The van der Waals surface area contributed by atoms with Crippen LogP contribution in [0.3, 0.4) is 0 Å². The van der Waals surface area contributed by atoms with E-state index in [2.05, 4.69) is 5.32 Å². The van der Waals surface area contributed by atoms with Crippen LogP contribution in [0.5, 0.6) is 11.5 Å². The third-order valence-corrected chi connectivity index (χ3v) is 5.47. The molecule has 0 aliphatic heterocycles. The zero-order valence-electron chi connectivity index (χ0n) is 16.7. The van der Waals surface area contributed by atoms with Crippen molar-refractivity contribution in [2.45, 2.75) is 57.2 Å². The fourth-order valence-corrected chi connectivity index (χ4v) is 3.64. The van der Waals surface area contributed by atoms with E-state index in [1.165, 1.54) is 0 Å². The van der Waals surface area contributed by atoms with Crippen molar-refractivity contribution < 1.29 is 14.3 Å². The SMILES string of the molecule is COc1cc(C(C)NC(=O)C2(N)CCCCC2)ccc1OCc1ccccc1. The van der Waals surface area contributed by atoms with Gasteiger partial charge in [0, 0.05) is 0 Å². The minimum Gasteiger partial charge on any atom is -0.493 e. The maximum atomic E-state index is 12.7. The van der Waals surface area contributed by atoms with E-state index in [9.17, 15) is 4.79 Å². The minimum atomic E-state index is -0.741. The first-order chi connectivity index (χ1) is 13.5. The summed E-state index contributed by atoms with van der Waals surface area (Å²) in [6.07, 6.45) is 4.69. The van der Waals surface area contributed by atoms with Crippen LogP contribution in [0.4, 0.5) is 0 Å². The Balaban J connectivity index is 1.65. The van der Waals surface area contributed by atoms with Gasteiger partial charge in [0.05, 0.1) is 18.7 Å². The number of carbonyl (C=O) groups is 1. The number of methoxy groups -OCH3 is 1. The summed E-state index contributed by atoms with van der Waals surface area (Å²) in [6.45, 7) is 2.43. The number of ether oxygens (including phenoxy) is 2. The molecule has 1 aliphatic carbocycles. The lowest BCUT2D eigenvalue weighted by Gasteiger charge is -2.33. The summed E-state index contributed by atoms with van der Waals surface area (Å²) in [5.41, 5.74) is 7.65. The van der Waals surface area contributed by atoms with Gasteiger partial charge in [0.2, 0.25) is 5.91 Å². The van der Waals surface area contributed by atoms with E-state index in [0.29, 0.717) is 18.1 Å². The molecule has 1 amide bonds. The van der Waals surface area contributed by atoms with Gasteiger partial charge < -0.3 is 20.5 Å². The molecule has 1 saturated carbocycles. The van der Waals surface area contributed by atoms with Crippen LogP contribution < -0.4 is 20.5 Å². The molecular weight excluding hydrogens is 352 g/mol. The van der Waals surface area contributed by atoms with Gasteiger partial charge in [-0.05, 0) is 43.0 Å². The summed E-state index contributed by atoms with van der Waals surface area (Å²) in [4.78, 5) is 12.7. The Bertz CT molecular complexity index is 786. The van der Waals surface area contributed by atoms with E-state index in [0.717, 1.165) is 43.2 Å². The van der Waals surface area contributed by atoms with Crippen molar-refractivity contribution >= 4 is 5.91 Å². The summed E-state index contributed by atoms with van der Waals surface area (Å²) in [7, 11) is 1.62. The van der Waals surface area contributed by atoms with Crippen LogP contribution in [0.1, 0.15) is 56.2 Å². The summed E-state index contributed by atoms with van der Waals surface area (Å²) >= 11 is 0. The topological polar surface area (TPSA) is 73.6 Å². The first-order valence-electron chi connectivity index (χ1n) is 9.96. The van der Waals surface area contributed by atoms with Crippen molar-refractivity contribution in [2.75, 3.05) is 7.11 Å². The average molecular weight is 383 g/mol. The second-order valence-electron chi connectivity index (χ2n) is 7.60. The van der Waals surface area contributed by atoms with Gasteiger partial charge in [0.25, 0.3) is 0 Å². The van der Waals surface area contributed by atoms with Crippen molar-refractivity contribution in [3.05, 3.63) is 59.7 Å². The minimum absolute atomic E-state index is 0.0666. The molecule has 1 unspecified atom stereocenters. The van der Waals surface area contributed by atoms with E-state index in [1.54, 1.807) is 7.11 Å². The van der Waals surface area contributed by atoms with Gasteiger partial charge in [-0.1, -0.05) is 55.7 Å². The monoisotopic (exact) mass is 382 g/mol. The molecule has 0 spiro atoms. The molecule has 0 aromatic heterocycles. The van der Waals surface area contributed by atoms with Gasteiger partial charge in [0.15, 0.2) is 11.5 Å². The Hall–Kier alpha value is -2.53. The molecule has 3 rings (SSSR count). The molecule has 1 atom stereocenters. The van der Waals surface area contributed by atoms with Gasteiger partial charge in [0.1, 0.15) is 6.61 Å². The van der Waals surface area contributed by atoms with Crippen LogP contribution in [0.15, 0.2) is 48.5 Å². The number of benzene rings is 2. The molecule has 2 aromatic carbocycles. The molecule has 1 aliphatic rings. The number of hydrogen-bond donors (Lipinski definition) is 2. The lowest BCUT2D eigenvalue weighted by molar-refractivity contribution is -0.128. The van der Waals surface area contributed by atoms with Crippen molar-refractivity contribution in [3.63, 3.8) is 0 Å². The summed E-state index contributed by atoms with van der Waals surface area (Å²) < 4.78 is 11.4. The fraction of sp³-hybridized carbons (Fsp3) is 0.435. The molecule has 3 N–H and O–H groups in total. The first kappa shape index (κ1) is 20.2. The lowest BCUT2D eigenvalue weighted by Crippen LogP contribution is -2.55. The van der Waals surface area contributed by atoms with E-state index in [4.69, 9.17) is 15.2 Å². The van der Waals surface area contributed by atoms with Crippen LogP contribution in [-0.2, 0) is 11.4 Å². The van der Waals surface area contributed by atoms with Crippen molar-refractivity contribution in [1.82, 2.24) is 5.32 Å². The Kier molecular flexibility index (Phi) is 6.57. The summed E-state index contributed by atoms with van der Waals surface area (Å²) in [5, 5.41) is 3.07. The predicted molar refractivity (Wildman–Crippen MR) is 110 cm³/mol. The second-order valence-corrected chi connectivity index (χ2v) is 7.60. The number of hydrogen-bond acceptors (Lipinski definition) is 4. The molecule has 0 bridgehead atoms. The second kappa shape index (κ2) is 9.11. The smallest absolute Gasteiger partial charge is 0.240 e. The Morgan fingerprint density at radius 3 is 2.50 bits per heavy atom. The number of nitrogens with one attached hydrogen (secondary N) is 1. The lowest BCUT2D eigenvalue weighted by atomic mass is 9.81. The fourth-order valence-electron chi connectivity index (χ4n) is 3.64. The van der Waals surface area contributed by atoms with Crippen molar-refractivity contribution in [1.29, 1.82) is 0 Å². The Morgan fingerprint density at radius 1 is 1.11 bits per heavy atom.